The fourth-order valence-corrected chi connectivity index (χ4v) is 3.17. The van der Waals surface area contributed by atoms with Gasteiger partial charge in [0.1, 0.15) is 0 Å². The van der Waals surface area contributed by atoms with E-state index in [0.29, 0.717) is 12.0 Å². The number of carbonyl (C=O) groups excluding carboxylic acids is 1. The fraction of sp³-hybridized carbons (Fsp3) is 0.421. The molecule has 6 nitrogen and oxygen atoms in total. The van der Waals surface area contributed by atoms with Gasteiger partial charge in [0.05, 0.1) is 24.3 Å². The number of aromatic nitrogens is 2. The van der Waals surface area contributed by atoms with Crippen LogP contribution in [0, 0.1) is 11.3 Å². The molecule has 0 bridgehead atoms. The molecule has 1 saturated heterocycles. The van der Waals surface area contributed by atoms with E-state index < -0.39 is 0 Å². The minimum atomic E-state index is 0.160. The molecule has 0 spiro atoms. The van der Waals surface area contributed by atoms with Gasteiger partial charge in [-0.1, -0.05) is 12.1 Å². The predicted molar refractivity (Wildman–Crippen MR) is 94.5 cm³/mol. The molecule has 1 aliphatic heterocycles. The fourth-order valence-electron chi connectivity index (χ4n) is 3.17. The second-order valence-corrected chi connectivity index (χ2v) is 6.52. The zero-order valence-corrected chi connectivity index (χ0v) is 14.6. The van der Waals surface area contributed by atoms with Crippen LogP contribution < -0.4 is 0 Å². The van der Waals surface area contributed by atoms with Gasteiger partial charge in [0.25, 0.3) is 0 Å². The molecular weight excluding hydrogens is 314 g/mol. The molecule has 0 saturated carbocycles. The van der Waals surface area contributed by atoms with Crippen molar-refractivity contribution in [2.45, 2.75) is 19.4 Å². The third-order valence-electron chi connectivity index (χ3n) is 4.54. The molecule has 25 heavy (non-hydrogen) atoms. The highest BCUT2D eigenvalue weighted by molar-refractivity contribution is 5.78. The Hall–Kier alpha value is -2.65. The standard InChI is InChI=1S/C19H23N5O/c1-22-14-18(13-21-22)15-23-7-2-8-24(10-9-23)19(25)11-16-3-5-17(12-20)6-4-16/h3-6,13-14H,2,7-11,15H2,1H3. The number of amides is 1. The molecule has 6 heteroatoms. The van der Waals surface area contributed by atoms with Gasteiger partial charge in [-0.3, -0.25) is 14.4 Å². The van der Waals surface area contributed by atoms with Crippen molar-refractivity contribution in [1.29, 1.82) is 5.26 Å². The number of aryl methyl sites for hydroxylation is 1. The number of nitriles is 1. The average Bonchev–Trinajstić information content (AvgIpc) is 2.88. The van der Waals surface area contributed by atoms with Gasteiger partial charge >= 0.3 is 0 Å². The van der Waals surface area contributed by atoms with Crippen LogP contribution in [0.5, 0.6) is 0 Å². The van der Waals surface area contributed by atoms with Crippen molar-refractivity contribution in [2.24, 2.45) is 7.05 Å². The van der Waals surface area contributed by atoms with Crippen molar-refractivity contribution in [2.75, 3.05) is 26.2 Å². The maximum atomic E-state index is 12.6. The summed E-state index contributed by atoms with van der Waals surface area (Å²) in [6, 6.07) is 9.36. The minimum Gasteiger partial charge on any atom is -0.341 e. The van der Waals surface area contributed by atoms with Crippen LogP contribution >= 0.6 is 0 Å². The van der Waals surface area contributed by atoms with Crippen molar-refractivity contribution in [3.8, 4) is 6.07 Å². The number of rotatable bonds is 4. The molecule has 1 aliphatic rings. The van der Waals surface area contributed by atoms with E-state index in [0.717, 1.165) is 44.7 Å². The number of nitrogens with zero attached hydrogens (tertiary/aromatic N) is 5. The van der Waals surface area contributed by atoms with Crippen LogP contribution in [-0.2, 0) is 24.8 Å². The second kappa shape index (κ2) is 7.95. The average molecular weight is 337 g/mol. The monoisotopic (exact) mass is 337 g/mol. The molecule has 1 amide bonds. The van der Waals surface area contributed by atoms with Gasteiger partial charge in [0, 0.05) is 51.5 Å². The van der Waals surface area contributed by atoms with E-state index in [1.54, 1.807) is 12.1 Å². The molecule has 0 radical (unpaired) electrons. The highest BCUT2D eigenvalue weighted by Gasteiger charge is 2.19. The maximum Gasteiger partial charge on any atom is 0.227 e. The molecule has 1 aromatic heterocycles. The second-order valence-electron chi connectivity index (χ2n) is 6.52. The molecule has 2 aromatic rings. The van der Waals surface area contributed by atoms with Gasteiger partial charge in [-0.2, -0.15) is 10.4 Å². The maximum absolute atomic E-state index is 12.6. The van der Waals surface area contributed by atoms with Crippen LogP contribution in [0.4, 0.5) is 0 Å². The first-order valence-electron chi connectivity index (χ1n) is 8.61. The third kappa shape index (κ3) is 4.68. The van der Waals surface area contributed by atoms with E-state index in [-0.39, 0.29) is 5.91 Å². The Kier molecular flexibility index (Phi) is 5.46. The van der Waals surface area contributed by atoms with Crippen molar-refractivity contribution in [1.82, 2.24) is 19.6 Å². The quantitative estimate of drug-likeness (QED) is 0.849. The van der Waals surface area contributed by atoms with Crippen LogP contribution in [0.15, 0.2) is 36.7 Å². The van der Waals surface area contributed by atoms with E-state index in [1.165, 1.54) is 5.56 Å². The lowest BCUT2D eigenvalue weighted by Gasteiger charge is -2.21. The van der Waals surface area contributed by atoms with Gasteiger partial charge in [0.15, 0.2) is 0 Å². The minimum absolute atomic E-state index is 0.160. The Morgan fingerprint density at radius 3 is 2.64 bits per heavy atom. The molecule has 1 fully saturated rings. The first-order chi connectivity index (χ1) is 12.1. The third-order valence-corrected chi connectivity index (χ3v) is 4.54. The largest absolute Gasteiger partial charge is 0.341 e. The Balaban J connectivity index is 1.53. The molecule has 2 heterocycles. The summed E-state index contributed by atoms with van der Waals surface area (Å²) in [5.41, 5.74) is 2.79. The molecular formula is C19H23N5O. The van der Waals surface area contributed by atoms with Gasteiger partial charge in [-0.15, -0.1) is 0 Å². The van der Waals surface area contributed by atoms with Gasteiger partial charge < -0.3 is 4.90 Å². The number of benzene rings is 1. The van der Waals surface area contributed by atoms with Crippen molar-refractivity contribution < 1.29 is 4.79 Å². The summed E-state index contributed by atoms with van der Waals surface area (Å²) in [7, 11) is 1.93. The summed E-state index contributed by atoms with van der Waals surface area (Å²) in [6.45, 7) is 4.32. The Bertz CT molecular complexity index is 759. The lowest BCUT2D eigenvalue weighted by molar-refractivity contribution is -0.130. The number of carbonyl (C=O) groups is 1. The first kappa shape index (κ1) is 17.2. The normalized spacial score (nSPS) is 15.6. The zero-order valence-electron chi connectivity index (χ0n) is 14.6. The molecule has 130 valence electrons. The molecule has 0 atom stereocenters. The predicted octanol–water partition coefficient (Wildman–Crippen LogP) is 1.57. The van der Waals surface area contributed by atoms with Crippen LogP contribution in [-0.4, -0.2) is 51.7 Å². The summed E-state index contributed by atoms with van der Waals surface area (Å²) in [6.07, 6.45) is 5.32. The smallest absolute Gasteiger partial charge is 0.227 e. The van der Waals surface area contributed by atoms with E-state index >= 15 is 0 Å². The first-order valence-corrected chi connectivity index (χ1v) is 8.61. The van der Waals surface area contributed by atoms with Gasteiger partial charge in [-0.25, -0.2) is 0 Å². The zero-order chi connectivity index (χ0) is 17.6. The number of hydrogen-bond acceptors (Lipinski definition) is 4. The highest BCUT2D eigenvalue weighted by atomic mass is 16.2. The Morgan fingerprint density at radius 2 is 1.96 bits per heavy atom. The van der Waals surface area contributed by atoms with Crippen LogP contribution in [0.2, 0.25) is 0 Å². The lowest BCUT2D eigenvalue weighted by Crippen LogP contribution is -2.36. The summed E-state index contributed by atoms with van der Waals surface area (Å²) >= 11 is 0. The molecule has 0 aliphatic carbocycles. The van der Waals surface area contributed by atoms with Crippen molar-refractivity contribution >= 4 is 5.91 Å². The van der Waals surface area contributed by atoms with Crippen molar-refractivity contribution in [3.63, 3.8) is 0 Å². The van der Waals surface area contributed by atoms with Crippen molar-refractivity contribution in [3.05, 3.63) is 53.3 Å². The summed E-state index contributed by atoms with van der Waals surface area (Å²) < 4.78 is 1.82. The van der Waals surface area contributed by atoms with Crippen LogP contribution in [0.3, 0.4) is 0 Å². The molecule has 3 rings (SSSR count). The summed E-state index contributed by atoms with van der Waals surface area (Å²) in [5, 5.41) is 13.1. The van der Waals surface area contributed by atoms with Gasteiger partial charge in [0.2, 0.25) is 5.91 Å². The van der Waals surface area contributed by atoms with E-state index in [4.69, 9.17) is 5.26 Å². The van der Waals surface area contributed by atoms with E-state index in [2.05, 4.69) is 16.1 Å². The molecule has 0 unspecified atom stereocenters. The summed E-state index contributed by atoms with van der Waals surface area (Å²) in [4.78, 5) is 16.9. The van der Waals surface area contributed by atoms with E-state index in [9.17, 15) is 4.79 Å². The number of hydrogen-bond donors (Lipinski definition) is 0. The van der Waals surface area contributed by atoms with E-state index in [1.807, 2.05) is 41.2 Å². The Labute approximate surface area is 148 Å². The lowest BCUT2D eigenvalue weighted by atomic mass is 10.1. The molecule has 0 N–H and O–H groups in total. The summed E-state index contributed by atoms with van der Waals surface area (Å²) in [5.74, 6) is 0.160. The van der Waals surface area contributed by atoms with Gasteiger partial charge in [-0.05, 0) is 24.1 Å². The van der Waals surface area contributed by atoms with Crippen LogP contribution in [0.25, 0.3) is 0 Å². The molecule has 1 aromatic carbocycles. The Morgan fingerprint density at radius 1 is 1.16 bits per heavy atom. The highest BCUT2D eigenvalue weighted by Crippen LogP contribution is 2.11. The topological polar surface area (TPSA) is 65.2 Å². The van der Waals surface area contributed by atoms with Crippen LogP contribution in [0.1, 0.15) is 23.1 Å². The SMILES string of the molecule is Cn1cc(CN2CCCN(C(=O)Cc3ccc(C#N)cc3)CC2)cn1.